The Hall–Kier alpha value is -3.70. The van der Waals surface area contributed by atoms with Crippen molar-refractivity contribution in [2.75, 3.05) is 5.32 Å². The number of aryl methyl sites for hydroxylation is 1. The summed E-state index contributed by atoms with van der Waals surface area (Å²) in [6.45, 7) is 3.26. The zero-order valence-electron chi connectivity index (χ0n) is 17.2. The van der Waals surface area contributed by atoms with E-state index >= 15 is 0 Å². The topological polar surface area (TPSA) is 155 Å². The van der Waals surface area contributed by atoms with Gasteiger partial charge in [0.15, 0.2) is 5.69 Å². The standard InChI is InChI=1S/C19H13ClF3N5O5S/c1-8-5-10(9(2)25-11-3-4-14(20)27-16(11)18(29)30)15-12(6-8)26-13(7-24)17(28-15)33-34(31,32)19(21,22)23/h3-6,9,25H,1-2H3,(H,29,30)/t9-/m1/s1. The molecule has 0 bridgehead atoms. The van der Waals surface area contributed by atoms with Gasteiger partial charge in [0.05, 0.1) is 22.8 Å². The van der Waals surface area contributed by atoms with E-state index in [1.54, 1.807) is 19.9 Å². The van der Waals surface area contributed by atoms with Gasteiger partial charge in [-0.05, 0) is 37.6 Å². The first-order chi connectivity index (χ1) is 15.7. The average molecular weight is 516 g/mol. The molecule has 0 fully saturated rings. The van der Waals surface area contributed by atoms with Gasteiger partial charge in [0.1, 0.15) is 11.2 Å². The number of aromatic carboxylic acids is 1. The predicted octanol–water partition coefficient (Wildman–Crippen LogP) is 3.96. The Morgan fingerprint density at radius 2 is 1.94 bits per heavy atom. The van der Waals surface area contributed by atoms with Gasteiger partial charge in [-0.25, -0.2) is 19.7 Å². The number of carboxylic acid groups (broad SMARTS) is 1. The molecule has 1 atom stereocenters. The van der Waals surface area contributed by atoms with Crippen molar-refractivity contribution < 1.29 is 35.7 Å². The van der Waals surface area contributed by atoms with Crippen LogP contribution in [0.15, 0.2) is 24.3 Å². The molecule has 0 spiro atoms. The van der Waals surface area contributed by atoms with Crippen molar-refractivity contribution in [2.24, 2.45) is 0 Å². The highest BCUT2D eigenvalue weighted by molar-refractivity contribution is 7.87. The third-order valence-corrected chi connectivity index (χ3v) is 5.55. The Balaban J connectivity index is 2.15. The molecule has 0 aliphatic rings. The smallest absolute Gasteiger partial charge is 0.476 e. The predicted molar refractivity (Wildman–Crippen MR) is 113 cm³/mol. The van der Waals surface area contributed by atoms with Gasteiger partial charge < -0.3 is 14.6 Å². The van der Waals surface area contributed by atoms with E-state index < -0.39 is 39.2 Å². The van der Waals surface area contributed by atoms with E-state index in [1.165, 1.54) is 24.3 Å². The first kappa shape index (κ1) is 24.9. The van der Waals surface area contributed by atoms with Crippen LogP contribution in [0.2, 0.25) is 5.15 Å². The van der Waals surface area contributed by atoms with Crippen molar-refractivity contribution in [3.05, 3.63) is 51.9 Å². The zero-order chi connectivity index (χ0) is 25.4. The van der Waals surface area contributed by atoms with Crippen LogP contribution in [0.3, 0.4) is 0 Å². The Kier molecular flexibility index (Phi) is 6.54. The second kappa shape index (κ2) is 8.92. The molecule has 34 heavy (non-hydrogen) atoms. The molecule has 10 nitrogen and oxygen atoms in total. The van der Waals surface area contributed by atoms with Gasteiger partial charge >= 0.3 is 21.6 Å². The number of carbonyl (C=O) groups is 1. The summed E-state index contributed by atoms with van der Waals surface area (Å²) < 4.78 is 65.3. The summed E-state index contributed by atoms with van der Waals surface area (Å²) >= 11 is 5.75. The highest BCUT2D eigenvalue weighted by Crippen LogP contribution is 2.32. The number of nitriles is 1. The molecule has 0 aliphatic carbocycles. The number of carboxylic acids is 1. The number of benzene rings is 1. The van der Waals surface area contributed by atoms with E-state index in [4.69, 9.17) is 11.6 Å². The second-order valence-electron chi connectivity index (χ2n) is 6.90. The third kappa shape index (κ3) is 4.95. The minimum atomic E-state index is -6.12. The molecule has 0 aliphatic heterocycles. The molecule has 2 aromatic heterocycles. The molecular weight excluding hydrogens is 503 g/mol. The van der Waals surface area contributed by atoms with Crippen molar-refractivity contribution in [2.45, 2.75) is 25.4 Å². The van der Waals surface area contributed by atoms with Crippen LogP contribution in [-0.2, 0) is 10.1 Å². The second-order valence-corrected chi connectivity index (χ2v) is 8.82. The largest absolute Gasteiger partial charge is 0.534 e. The number of nitrogens with zero attached hydrogens (tertiary/aromatic N) is 4. The summed E-state index contributed by atoms with van der Waals surface area (Å²) in [7, 11) is -6.12. The molecule has 0 saturated heterocycles. The summed E-state index contributed by atoms with van der Waals surface area (Å²) in [4.78, 5) is 23.0. The van der Waals surface area contributed by atoms with Gasteiger partial charge in [0.25, 0.3) is 5.88 Å². The van der Waals surface area contributed by atoms with Crippen molar-refractivity contribution in [1.29, 1.82) is 5.26 Å². The summed E-state index contributed by atoms with van der Waals surface area (Å²) in [6, 6.07) is 6.50. The Morgan fingerprint density at radius 3 is 2.53 bits per heavy atom. The monoisotopic (exact) mass is 515 g/mol. The number of rotatable bonds is 6. The molecule has 2 N–H and O–H groups in total. The highest BCUT2D eigenvalue weighted by atomic mass is 35.5. The van der Waals surface area contributed by atoms with Crippen molar-refractivity contribution >= 4 is 44.4 Å². The molecule has 0 amide bonds. The molecule has 3 rings (SSSR count). The van der Waals surface area contributed by atoms with Crippen LogP contribution < -0.4 is 9.50 Å². The van der Waals surface area contributed by atoms with E-state index in [2.05, 4.69) is 24.5 Å². The van der Waals surface area contributed by atoms with Crippen LogP contribution in [0, 0.1) is 18.3 Å². The lowest BCUT2D eigenvalue weighted by molar-refractivity contribution is -0.0501. The number of hydrogen-bond donors (Lipinski definition) is 2. The van der Waals surface area contributed by atoms with Crippen molar-refractivity contribution in [1.82, 2.24) is 15.0 Å². The normalized spacial score (nSPS) is 12.7. The van der Waals surface area contributed by atoms with Gasteiger partial charge in [-0.1, -0.05) is 17.7 Å². The quantitative estimate of drug-likeness (QED) is 0.280. The van der Waals surface area contributed by atoms with Gasteiger partial charge in [-0.3, -0.25) is 0 Å². The van der Waals surface area contributed by atoms with Crippen molar-refractivity contribution in [3.63, 3.8) is 0 Å². The first-order valence-electron chi connectivity index (χ1n) is 9.13. The molecule has 2 heterocycles. The van der Waals surface area contributed by atoms with E-state index in [0.717, 1.165) is 0 Å². The van der Waals surface area contributed by atoms with Crippen LogP contribution in [0.5, 0.6) is 5.88 Å². The van der Waals surface area contributed by atoms with E-state index in [1.807, 2.05) is 0 Å². The summed E-state index contributed by atoms with van der Waals surface area (Å²) in [5.74, 6) is -2.51. The maximum atomic E-state index is 12.8. The molecule has 3 aromatic rings. The van der Waals surface area contributed by atoms with Gasteiger partial charge in [-0.2, -0.15) is 26.9 Å². The fourth-order valence-corrected chi connectivity index (χ4v) is 3.52. The third-order valence-electron chi connectivity index (χ3n) is 4.39. The number of aromatic nitrogens is 3. The minimum Gasteiger partial charge on any atom is -0.476 e. The molecular formula is C19H13ClF3N5O5S. The number of hydrogen-bond acceptors (Lipinski definition) is 9. The van der Waals surface area contributed by atoms with E-state index in [9.17, 15) is 36.8 Å². The van der Waals surface area contributed by atoms with Crippen LogP contribution in [0.25, 0.3) is 11.0 Å². The van der Waals surface area contributed by atoms with Crippen LogP contribution in [0.1, 0.15) is 40.3 Å². The van der Waals surface area contributed by atoms with Gasteiger partial charge in [0.2, 0.25) is 5.69 Å². The molecule has 0 radical (unpaired) electrons. The molecule has 178 valence electrons. The van der Waals surface area contributed by atoms with Gasteiger partial charge in [-0.15, -0.1) is 0 Å². The van der Waals surface area contributed by atoms with E-state index in [0.29, 0.717) is 11.1 Å². The molecule has 1 aromatic carbocycles. The zero-order valence-corrected chi connectivity index (χ0v) is 18.7. The Labute approximate surface area is 195 Å². The first-order valence-corrected chi connectivity index (χ1v) is 10.9. The Bertz CT molecular complexity index is 1460. The summed E-state index contributed by atoms with van der Waals surface area (Å²) in [5.41, 5.74) is -5.90. The van der Waals surface area contributed by atoms with E-state index in [-0.39, 0.29) is 27.6 Å². The highest BCUT2D eigenvalue weighted by Gasteiger charge is 2.49. The number of pyridine rings is 1. The fourth-order valence-electron chi connectivity index (χ4n) is 2.96. The maximum Gasteiger partial charge on any atom is 0.534 e. The van der Waals surface area contributed by atoms with Crippen LogP contribution in [0.4, 0.5) is 18.9 Å². The SMILES string of the molecule is Cc1cc([C@@H](C)Nc2ccc(Cl)nc2C(=O)O)c2nc(OS(=O)(=O)C(F)(F)F)c(C#N)nc2c1. The molecule has 0 unspecified atom stereocenters. The number of fused-ring (bicyclic) bond motifs is 1. The van der Waals surface area contributed by atoms with Crippen molar-refractivity contribution in [3.8, 4) is 11.9 Å². The minimum absolute atomic E-state index is 0.0563. The lowest BCUT2D eigenvalue weighted by Gasteiger charge is -2.19. The average Bonchev–Trinajstić information content (AvgIpc) is 2.72. The maximum absolute atomic E-state index is 12.8. The fraction of sp³-hybridized carbons (Fsp3) is 0.211. The Morgan fingerprint density at radius 1 is 1.26 bits per heavy atom. The summed E-state index contributed by atoms with van der Waals surface area (Å²) in [5, 5.41) is 21.5. The molecule has 15 heteroatoms. The van der Waals surface area contributed by atoms with Crippen LogP contribution in [-0.4, -0.2) is 40.0 Å². The summed E-state index contributed by atoms with van der Waals surface area (Å²) in [6.07, 6.45) is 0. The number of nitrogens with one attached hydrogen (secondary N) is 1. The van der Waals surface area contributed by atoms with Crippen LogP contribution >= 0.6 is 11.6 Å². The molecule has 0 saturated carbocycles. The number of anilines is 1. The lowest BCUT2D eigenvalue weighted by Crippen LogP contribution is -2.28. The van der Waals surface area contributed by atoms with Gasteiger partial charge in [0, 0.05) is 5.56 Å². The number of alkyl halides is 3. The lowest BCUT2D eigenvalue weighted by atomic mass is 10.0. The number of halogens is 4.